The maximum absolute atomic E-state index is 6.08. The van der Waals surface area contributed by atoms with Crippen molar-refractivity contribution in [3.05, 3.63) is 48.2 Å². The van der Waals surface area contributed by atoms with Gasteiger partial charge in [0.2, 0.25) is 0 Å². The minimum atomic E-state index is 0.789. The van der Waals surface area contributed by atoms with Crippen molar-refractivity contribution in [1.82, 2.24) is 10.2 Å². The van der Waals surface area contributed by atoms with Gasteiger partial charge in [-0.2, -0.15) is 5.10 Å². The zero-order valence-electron chi connectivity index (χ0n) is 9.97. The lowest BCUT2D eigenvalue weighted by molar-refractivity contribution is 1.12. The fraction of sp³-hybridized carbons (Fsp3) is 0.0714. The number of aryl methyl sites for hydroxylation is 1. The third-order valence-corrected chi connectivity index (χ3v) is 4.14. The first-order valence-corrected chi connectivity index (χ1v) is 6.52. The molecule has 3 aromatic rings. The summed E-state index contributed by atoms with van der Waals surface area (Å²) >= 11 is 1.69. The molecule has 0 amide bonds. The van der Waals surface area contributed by atoms with Crippen molar-refractivity contribution in [2.45, 2.75) is 16.7 Å². The molecule has 0 saturated heterocycles. The molecule has 3 rings (SSSR count). The van der Waals surface area contributed by atoms with E-state index in [4.69, 9.17) is 5.73 Å². The number of anilines is 1. The SMILES string of the molecule is Cc1ccccc1Sc1cc2[nH]ncc2cc1N. The maximum atomic E-state index is 6.08. The van der Waals surface area contributed by atoms with Crippen molar-refractivity contribution in [2.24, 2.45) is 0 Å². The summed E-state index contributed by atoms with van der Waals surface area (Å²) in [4.78, 5) is 2.28. The molecule has 2 aromatic carbocycles. The molecule has 0 atom stereocenters. The molecule has 4 heteroatoms. The van der Waals surface area contributed by atoms with Crippen LogP contribution in [0.5, 0.6) is 0 Å². The lowest BCUT2D eigenvalue weighted by Crippen LogP contribution is -1.89. The van der Waals surface area contributed by atoms with Crippen molar-refractivity contribution < 1.29 is 0 Å². The molecule has 18 heavy (non-hydrogen) atoms. The normalized spacial score (nSPS) is 10.9. The number of hydrogen-bond donors (Lipinski definition) is 2. The number of aromatic amines is 1. The van der Waals surface area contributed by atoms with E-state index in [0.717, 1.165) is 21.5 Å². The Bertz CT molecular complexity index is 703. The highest BCUT2D eigenvalue weighted by Crippen LogP contribution is 2.35. The molecule has 1 heterocycles. The standard InChI is InChI=1S/C14H13N3S/c1-9-4-2-3-5-13(9)18-14-7-12-10(6-11(14)15)8-16-17-12/h2-8H,15H2,1H3,(H,16,17). The fourth-order valence-corrected chi connectivity index (χ4v) is 2.83. The molecule has 1 aromatic heterocycles. The molecule has 0 aliphatic rings. The summed E-state index contributed by atoms with van der Waals surface area (Å²) in [6.07, 6.45) is 1.79. The minimum absolute atomic E-state index is 0.789. The quantitative estimate of drug-likeness (QED) is 0.688. The molecule has 90 valence electrons. The van der Waals surface area contributed by atoms with Gasteiger partial charge in [-0.15, -0.1) is 0 Å². The average molecular weight is 255 g/mol. The van der Waals surface area contributed by atoms with Crippen molar-refractivity contribution in [1.29, 1.82) is 0 Å². The highest BCUT2D eigenvalue weighted by Gasteiger charge is 2.07. The average Bonchev–Trinajstić information content (AvgIpc) is 2.79. The summed E-state index contributed by atoms with van der Waals surface area (Å²) < 4.78 is 0. The van der Waals surface area contributed by atoms with Crippen LogP contribution in [0.25, 0.3) is 10.9 Å². The zero-order valence-corrected chi connectivity index (χ0v) is 10.8. The maximum Gasteiger partial charge on any atom is 0.0663 e. The molecular weight excluding hydrogens is 242 g/mol. The van der Waals surface area contributed by atoms with Crippen LogP contribution in [0.2, 0.25) is 0 Å². The number of nitrogens with one attached hydrogen (secondary N) is 1. The minimum Gasteiger partial charge on any atom is -0.398 e. The highest BCUT2D eigenvalue weighted by atomic mass is 32.2. The first kappa shape index (κ1) is 11.2. The van der Waals surface area contributed by atoms with Crippen LogP contribution in [0.4, 0.5) is 5.69 Å². The van der Waals surface area contributed by atoms with Gasteiger partial charge < -0.3 is 5.73 Å². The number of rotatable bonds is 2. The van der Waals surface area contributed by atoms with Gasteiger partial charge in [0.15, 0.2) is 0 Å². The number of hydrogen-bond acceptors (Lipinski definition) is 3. The van der Waals surface area contributed by atoms with Crippen LogP contribution in [0.1, 0.15) is 5.56 Å². The first-order valence-electron chi connectivity index (χ1n) is 5.70. The largest absolute Gasteiger partial charge is 0.398 e. The number of fused-ring (bicyclic) bond motifs is 1. The Morgan fingerprint density at radius 2 is 2.00 bits per heavy atom. The Morgan fingerprint density at radius 1 is 1.17 bits per heavy atom. The van der Waals surface area contributed by atoms with Gasteiger partial charge in [-0.25, -0.2) is 0 Å². The Kier molecular flexibility index (Phi) is 2.72. The van der Waals surface area contributed by atoms with Crippen LogP contribution >= 0.6 is 11.8 Å². The van der Waals surface area contributed by atoms with Gasteiger partial charge in [0.25, 0.3) is 0 Å². The summed E-state index contributed by atoms with van der Waals surface area (Å²) in [6.45, 7) is 2.10. The monoisotopic (exact) mass is 255 g/mol. The Hall–Kier alpha value is -1.94. The summed E-state index contributed by atoms with van der Waals surface area (Å²) in [5.74, 6) is 0. The Morgan fingerprint density at radius 3 is 2.83 bits per heavy atom. The fourth-order valence-electron chi connectivity index (χ4n) is 1.87. The molecule has 3 N–H and O–H groups in total. The van der Waals surface area contributed by atoms with Crippen LogP contribution in [-0.4, -0.2) is 10.2 Å². The molecule has 0 bridgehead atoms. The Labute approximate surface area is 109 Å². The number of nitrogen functional groups attached to an aromatic ring is 1. The highest BCUT2D eigenvalue weighted by molar-refractivity contribution is 7.99. The van der Waals surface area contributed by atoms with Crippen LogP contribution < -0.4 is 5.73 Å². The number of nitrogens with two attached hydrogens (primary N) is 1. The Balaban J connectivity index is 2.04. The number of benzene rings is 2. The van der Waals surface area contributed by atoms with E-state index in [2.05, 4.69) is 35.3 Å². The molecule has 0 aliphatic heterocycles. The van der Waals surface area contributed by atoms with E-state index < -0.39 is 0 Å². The second-order valence-corrected chi connectivity index (χ2v) is 5.30. The second kappa shape index (κ2) is 4.38. The lowest BCUT2D eigenvalue weighted by Gasteiger charge is -2.08. The van der Waals surface area contributed by atoms with Gasteiger partial charge in [-0.05, 0) is 30.7 Å². The van der Waals surface area contributed by atoms with Gasteiger partial charge in [0.05, 0.1) is 11.7 Å². The number of nitrogens with zero attached hydrogens (tertiary/aromatic N) is 1. The van der Waals surface area contributed by atoms with E-state index in [1.807, 2.05) is 18.2 Å². The molecule has 0 aliphatic carbocycles. The van der Waals surface area contributed by atoms with E-state index in [-0.39, 0.29) is 0 Å². The molecular formula is C14H13N3S. The summed E-state index contributed by atoms with van der Waals surface area (Å²) in [5, 5.41) is 8.03. The number of aromatic nitrogens is 2. The molecule has 0 fully saturated rings. The van der Waals surface area contributed by atoms with Gasteiger partial charge in [-0.3, -0.25) is 5.10 Å². The van der Waals surface area contributed by atoms with Gasteiger partial charge >= 0.3 is 0 Å². The molecule has 0 unspecified atom stereocenters. The van der Waals surface area contributed by atoms with E-state index in [0.29, 0.717) is 0 Å². The van der Waals surface area contributed by atoms with Crippen molar-refractivity contribution in [3.63, 3.8) is 0 Å². The van der Waals surface area contributed by atoms with Gasteiger partial charge in [0.1, 0.15) is 0 Å². The van der Waals surface area contributed by atoms with E-state index in [9.17, 15) is 0 Å². The second-order valence-electron chi connectivity index (χ2n) is 4.21. The third-order valence-electron chi connectivity index (χ3n) is 2.88. The van der Waals surface area contributed by atoms with Crippen molar-refractivity contribution in [2.75, 3.05) is 5.73 Å². The van der Waals surface area contributed by atoms with E-state index >= 15 is 0 Å². The van der Waals surface area contributed by atoms with Crippen LogP contribution in [-0.2, 0) is 0 Å². The zero-order chi connectivity index (χ0) is 12.5. The predicted octanol–water partition coefficient (Wildman–Crippen LogP) is 3.60. The predicted molar refractivity (Wildman–Crippen MR) is 75.8 cm³/mol. The van der Waals surface area contributed by atoms with Crippen LogP contribution in [0, 0.1) is 6.92 Å². The molecule has 0 radical (unpaired) electrons. The topological polar surface area (TPSA) is 54.7 Å². The van der Waals surface area contributed by atoms with Crippen LogP contribution in [0.15, 0.2) is 52.4 Å². The molecule has 3 nitrogen and oxygen atoms in total. The number of H-pyrrole nitrogens is 1. The van der Waals surface area contributed by atoms with Gasteiger partial charge in [0, 0.05) is 20.9 Å². The van der Waals surface area contributed by atoms with Gasteiger partial charge in [-0.1, -0.05) is 30.0 Å². The van der Waals surface area contributed by atoms with Crippen molar-refractivity contribution >= 4 is 28.4 Å². The molecule has 0 spiro atoms. The third kappa shape index (κ3) is 1.95. The summed E-state index contributed by atoms with van der Waals surface area (Å²) in [7, 11) is 0. The lowest BCUT2D eigenvalue weighted by atomic mass is 10.2. The van der Waals surface area contributed by atoms with Crippen LogP contribution in [0.3, 0.4) is 0 Å². The summed E-state index contributed by atoms with van der Waals surface area (Å²) in [5.41, 5.74) is 9.14. The smallest absolute Gasteiger partial charge is 0.0663 e. The van der Waals surface area contributed by atoms with E-state index in [1.54, 1.807) is 18.0 Å². The summed E-state index contributed by atoms with van der Waals surface area (Å²) in [6, 6.07) is 12.3. The first-order chi connectivity index (χ1) is 8.74. The van der Waals surface area contributed by atoms with E-state index in [1.165, 1.54) is 10.5 Å². The molecule has 0 saturated carbocycles. The van der Waals surface area contributed by atoms with Crippen molar-refractivity contribution in [3.8, 4) is 0 Å².